The summed E-state index contributed by atoms with van der Waals surface area (Å²) in [7, 11) is 0. The summed E-state index contributed by atoms with van der Waals surface area (Å²) in [5.41, 5.74) is 0.559. The van der Waals surface area contributed by atoms with Crippen molar-refractivity contribution in [1.29, 1.82) is 0 Å². The summed E-state index contributed by atoms with van der Waals surface area (Å²) in [5, 5.41) is 0.496. The Labute approximate surface area is 105 Å². The summed E-state index contributed by atoms with van der Waals surface area (Å²) in [6.07, 6.45) is 0.924. The quantitative estimate of drug-likeness (QED) is 0.836. The lowest BCUT2D eigenvalue weighted by molar-refractivity contribution is 0.0754. The Balaban J connectivity index is 2.05. The molecule has 1 atom stereocenters. The van der Waals surface area contributed by atoms with Gasteiger partial charge in [-0.05, 0) is 18.6 Å². The van der Waals surface area contributed by atoms with E-state index in [4.69, 9.17) is 17.5 Å². The van der Waals surface area contributed by atoms with Crippen LogP contribution in [0, 0.1) is 5.92 Å². The van der Waals surface area contributed by atoms with Crippen molar-refractivity contribution in [3.05, 3.63) is 34.9 Å². The molecule has 1 unspecified atom stereocenters. The number of carbonyl (C=O) groups excluding carboxylic acids is 1. The van der Waals surface area contributed by atoms with Gasteiger partial charge in [0, 0.05) is 19.0 Å². The summed E-state index contributed by atoms with van der Waals surface area (Å²) in [6.45, 7) is 1.91. The van der Waals surface area contributed by atoms with Crippen molar-refractivity contribution >= 4 is 17.5 Å². The lowest BCUT2D eigenvalue weighted by Gasteiger charge is -2.17. The van der Waals surface area contributed by atoms with E-state index in [0.29, 0.717) is 29.7 Å². The van der Waals surface area contributed by atoms with E-state index in [0.717, 1.165) is 13.0 Å². The topological polar surface area (TPSA) is 55.6 Å². The number of hydrogen-bond acceptors (Lipinski definition) is 3. The number of nitrogens with zero attached hydrogens (tertiary/aromatic N) is 1. The Morgan fingerprint density at radius 3 is 3.00 bits per heavy atom. The summed E-state index contributed by atoms with van der Waals surface area (Å²) in [6, 6.07) is 7.10. The molecule has 0 aromatic heterocycles. The van der Waals surface area contributed by atoms with E-state index >= 15 is 0 Å². The highest BCUT2D eigenvalue weighted by Crippen LogP contribution is 2.22. The molecule has 2 N–H and O–H groups in total. The smallest absolute Gasteiger partial charge is 0.255 e. The third-order valence-electron chi connectivity index (χ3n) is 3.01. The molecular weight excluding hydrogens is 240 g/mol. The van der Waals surface area contributed by atoms with Crippen molar-refractivity contribution < 1.29 is 9.63 Å². The number of amides is 1. The first-order valence-corrected chi connectivity index (χ1v) is 5.95. The van der Waals surface area contributed by atoms with Crippen LogP contribution in [0.5, 0.6) is 0 Å². The van der Waals surface area contributed by atoms with E-state index < -0.39 is 0 Å². The first kappa shape index (κ1) is 12.4. The van der Waals surface area contributed by atoms with Crippen molar-refractivity contribution in [3.8, 4) is 0 Å². The average molecular weight is 255 g/mol. The van der Waals surface area contributed by atoms with E-state index in [2.05, 4.69) is 4.84 Å². The Kier molecular flexibility index (Phi) is 3.99. The van der Waals surface area contributed by atoms with E-state index in [1.807, 2.05) is 12.1 Å². The van der Waals surface area contributed by atoms with Crippen LogP contribution in [0.4, 0.5) is 0 Å². The fourth-order valence-corrected chi connectivity index (χ4v) is 2.31. The van der Waals surface area contributed by atoms with Gasteiger partial charge >= 0.3 is 0 Å². The number of carbonyl (C=O) groups is 1. The van der Waals surface area contributed by atoms with E-state index in [9.17, 15) is 4.79 Å². The maximum Gasteiger partial charge on any atom is 0.255 e. The third kappa shape index (κ3) is 2.77. The average Bonchev–Trinajstić information content (AvgIpc) is 2.78. The highest BCUT2D eigenvalue weighted by Gasteiger charge is 2.27. The van der Waals surface area contributed by atoms with Gasteiger partial charge in [-0.3, -0.25) is 4.79 Å². The van der Waals surface area contributed by atoms with Crippen molar-refractivity contribution in [2.24, 2.45) is 11.8 Å². The van der Waals surface area contributed by atoms with Crippen molar-refractivity contribution in [1.82, 2.24) is 4.90 Å². The van der Waals surface area contributed by atoms with Gasteiger partial charge < -0.3 is 9.74 Å². The van der Waals surface area contributed by atoms with Gasteiger partial charge in [-0.15, -0.1) is 0 Å². The largest absolute Gasteiger partial charge is 0.338 e. The maximum absolute atomic E-state index is 12.2. The standard InChI is InChI=1S/C12H15ClN2O2/c13-11-4-2-1-3-10(11)12(16)15-6-5-9(7-15)8-17-14/h1-4,9H,5-8,14H2. The Hall–Kier alpha value is -1.10. The van der Waals surface area contributed by atoms with Crippen LogP contribution in [0.2, 0.25) is 5.02 Å². The molecule has 1 aromatic rings. The Morgan fingerprint density at radius 2 is 2.29 bits per heavy atom. The molecule has 17 heavy (non-hydrogen) atoms. The molecular formula is C12H15ClN2O2. The van der Waals surface area contributed by atoms with Crippen LogP contribution in [0.15, 0.2) is 24.3 Å². The first-order chi connectivity index (χ1) is 8.22. The number of benzene rings is 1. The molecule has 1 saturated heterocycles. The van der Waals surface area contributed by atoms with Gasteiger partial charge in [0.1, 0.15) is 0 Å². The number of nitrogens with two attached hydrogens (primary N) is 1. The Bertz CT molecular complexity index is 411. The molecule has 92 valence electrons. The van der Waals surface area contributed by atoms with E-state index in [1.165, 1.54) is 0 Å². The molecule has 1 aliphatic heterocycles. The molecule has 0 aliphatic carbocycles. The van der Waals surface area contributed by atoms with Crippen molar-refractivity contribution in [3.63, 3.8) is 0 Å². The number of rotatable bonds is 3. The SMILES string of the molecule is NOCC1CCN(C(=O)c2ccccc2Cl)C1. The van der Waals surface area contributed by atoms with Crippen LogP contribution >= 0.6 is 11.6 Å². The molecule has 1 aromatic carbocycles. The molecule has 0 bridgehead atoms. The monoisotopic (exact) mass is 254 g/mol. The Morgan fingerprint density at radius 1 is 1.53 bits per heavy atom. The van der Waals surface area contributed by atoms with Gasteiger partial charge in [0.2, 0.25) is 0 Å². The highest BCUT2D eigenvalue weighted by molar-refractivity contribution is 6.33. The van der Waals surface area contributed by atoms with Gasteiger partial charge in [0.05, 0.1) is 17.2 Å². The van der Waals surface area contributed by atoms with Crippen LogP contribution in [0.25, 0.3) is 0 Å². The fraction of sp³-hybridized carbons (Fsp3) is 0.417. The molecule has 0 radical (unpaired) electrons. The van der Waals surface area contributed by atoms with E-state index in [-0.39, 0.29) is 5.91 Å². The van der Waals surface area contributed by atoms with Crippen LogP contribution < -0.4 is 5.90 Å². The first-order valence-electron chi connectivity index (χ1n) is 5.58. The second-order valence-corrected chi connectivity index (χ2v) is 4.63. The normalized spacial score (nSPS) is 19.6. The number of hydrogen-bond donors (Lipinski definition) is 1. The minimum atomic E-state index is -0.0184. The molecule has 4 nitrogen and oxygen atoms in total. The van der Waals surface area contributed by atoms with Crippen LogP contribution in [0.1, 0.15) is 16.8 Å². The molecule has 0 spiro atoms. The van der Waals surface area contributed by atoms with Gasteiger partial charge in [-0.25, -0.2) is 5.90 Å². The zero-order chi connectivity index (χ0) is 12.3. The maximum atomic E-state index is 12.2. The molecule has 0 saturated carbocycles. The molecule has 1 amide bonds. The predicted octanol–water partition coefficient (Wildman–Crippen LogP) is 1.69. The minimum Gasteiger partial charge on any atom is -0.338 e. The zero-order valence-corrected chi connectivity index (χ0v) is 10.2. The van der Waals surface area contributed by atoms with Gasteiger partial charge in [0.25, 0.3) is 5.91 Å². The van der Waals surface area contributed by atoms with Gasteiger partial charge in [-0.2, -0.15) is 0 Å². The van der Waals surface area contributed by atoms with Crippen LogP contribution in [-0.2, 0) is 4.84 Å². The van der Waals surface area contributed by atoms with Crippen molar-refractivity contribution in [2.45, 2.75) is 6.42 Å². The number of halogens is 1. The van der Waals surface area contributed by atoms with E-state index in [1.54, 1.807) is 17.0 Å². The zero-order valence-electron chi connectivity index (χ0n) is 9.43. The highest BCUT2D eigenvalue weighted by atomic mass is 35.5. The second-order valence-electron chi connectivity index (χ2n) is 4.22. The summed E-state index contributed by atoms with van der Waals surface area (Å²) >= 11 is 6.00. The lowest BCUT2D eigenvalue weighted by atomic mass is 10.1. The van der Waals surface area contributed by atoms with Gasteiger partial charge in [0.15, 0.2) is 0 Å². The fourth-order valence-electron chi connectivity index (χ4n) is 2.09. The molecule has 1 fully saturated rings. The molecule has 2 rings (SSSR count). The molecule has 1 aliphatic rings. The summed E-state index contributed by atoms with van der Waals surface area (Å²) in [5.74, 6) is 5.35. The molecule has 5 heteroatoms. The summed E-state index contributed by atoms with van der Waals surface area (Å²) < 4.78 is 0. The molecule has 1 heterocycles. The minimum absolute atomic E-state index is 0.0184. The number of likely N-dealkylation sites (tertiary alicyclic amines) is 1. The second kappa shape index (κ2) is 5.49. The van der Waals surface area contributed by atoms with Gasteiger partial charge in [-0.1, -0.05) is 23.7 Å². The lowest BCUT2D eigenvalue weighted by Crippen LogP contribution is -2.29. The van der Waals surface area contributed by atoms with Crippen LogP contribution in [-0.4, -0.2) is 30.5 Å². The third-order valence-corrected chi connectivity index (χ3v) is 3.34. The summed E-state index contributed by atoms with van der Waals surface area (Å²) in [4.78, 5) is 18.6. The predicted molar refractivity (Wildman–Crippen MR) is 65.6 cm³/mol. The van der Waals surface area contributed by atoms with Crippen LogP contribution in [0.3, 0.4) is 0 Å². The van der Waals surface area contributed by atoms with Crippen molar-refractivity contribution in [2.75, 3.05) is 19.7 Å².